The first-order chi connectivity index (χ1) is 13.3. The monoisotopic (exact) mass is 541 g/mol. The molecule has 28 heavy (non-hydrogen) atoms. The molecule has 2 aliphatic rings. The minimum absolute atomic E-state index is 0.0271. The molecule has 0 atom stereocenters. The van der Waals surface area contributed by atoms with Crippen LogP contribution in [0.25, 0.3) is 0 Å². The molecular formula is C17H15F3IN3O2S2. The molecule has 1 aromatic heterocycles. The van der Waals surface area contributed by atoms with Crippen LogP contribution < -0.4 is 0 Å². The van der Waals surface area contributed by atoms with Crippen molar-refractivity contribution < 1.29 is 22.6 Å². The number of halogens is 4. The van der Waals surface area contributed by atoms with Crippen LogP contribution in [-0.2, 0) is 20.7 Å². The summed E-state index contributed by atoms with van der Waals surface area (Å²) >= 11 is 5.18. The molecule has 0 spiro atoms. The Morgan fingerprint density at radius 3 is 2.36 bits per heavy atom. The van der Waals surface area contributed by atoms with E-state index in [0.717, 1.165) is 30.7 Å². The van der Waals surface area contributed by atoms with Gasteiger partial charge in [-0.1, -0.05) is 23.9 Å². The van der Waals surface area contributed by atoms with E-state index in [0.29, 0.717) is 13.2 Å². The Kier molecular flexibility index (Phi) is 5.49. The summed E-state index contributed by atoms with van der Waals surface area (Å²) < 4.78 is 52.3. The lowest BCUT2D eigenvalue weighted by atomic mass is 9.93. The summed E-state index contributed by atoms with van der Waals surface area (Å²) in [6.07, 6.45) is -2.97. The summed E-state index contributed by atoms with van der Waals surface area (Å²) in [6, 6.07) is 6.13. The second-order valence-corrected chi connectivity index (χ2v) is 9.75. The summed E-state index contributed by atoms with van der Waals surface area (Å²) in [5, 5.41) is 6.46. The van der Waals surface area contributed by atoms with Crippen molar-refractivity contribution in [3.63, 3.8) is 0 Å². The zero-order valence-corrected chi connectivity index (χ0v) is 18.4. The van der Waals surface area contributed by atoms with Gasteiger partial charge in [0.1, 0.15) is 9.30 Å². The third kappa shape index (κ3) is 3.59. The number of alkyl halides is 3. The van der Waals surface area contributed by atoms with E-state index in [4.69, 9.17) is 9.47 Å². The van der Waals surface area contributed by atoms with Gasteiger partial charge in [0, 0.05) is 43.6 Å². The van der Waals surface area contributed by atoms with E-state index in [1.807, 2.05) is 0 Å². The number of nitrogens with zero attached hydrogens (tertiary/aromatic N) is 3. The van der Waals surface area contributed by atoms with Gasteiger partial charge in [-0.3, -0.25) is 0 Å². The van der Waals surface area contributed by atoms with Crippen LogP contribution in [0, 0.1) is 3.70 Å². The van der Waals surface area contributed by atoms with Crippen molar-refractivity contribution in [3.05, 3.63) is 38.4 Å². The predicted octanol–water partition coefficient (Wildman–Crippen LogP) is 5.73. The third-order valence-corrected chi connectivity index (χ3v) is 8.28. The number of benzene rings is 1. The fourth-order valence-electron chi connectivity index (χ4n) is 3.13. The van der Waals surface area contributed by atoms with Crippen LogP contribution in [0.1, 0.15) is 23.3 Å². The molecule has 1 fully saturated rings. The van der Waals surface area contributed by atoms with Gasteiger partial charge in [0.15, 0.2) is 4.34 Å². The Morgan fingerprint density at radius 2 is 1.82 bits per heavy atom. The van der Waals surface area contributed by atoms with Crippen molar-refractivity contribution in [3.8, 4) is 0 Å². The van der Waals surface area contributed by atoms with Crippen LogP contribution in [0.3, 0.4) is 0 Å². The number of hydrogen-bond acceptors (Lipinski definition) is 7. The van der Waals surface area contributed by atoms with Crippen LogP contribution in [0.4, 0.5) is 13.2 Å². The van der Waals surface area contributed by atoms with Gasteiger partial charge in [-0.25, -0.2) is 4.98 Å². The average Bonchev–Trinajstić information content (AvgIpc) is 3.42. The molecule has 5 nitrogen and oxygen atoms in total. The normalized spacial score (nSPS) is 20.3. The first-order valence-electron chi connectivity index (χ1n) is 8.39. The molecule has 0 N–H and O–H groups in total. The molecule has 0 bridgehead atoms. The smallest absolute Gasteiger partial charge is 0.381 e. The van der Waals surface area contributed by atoms with E-state index >= 15 is 0 Å². The SMILES string of the molecule is COC1(c2sc(Sc3ccc(C4(C(F)(F)F)N=N4)cc3)nc2I)CCOCC1. The first kappa shape index (κ1) is 20.5. The predicted molar refractivity (Wildman–Crippen MR) is 107 cm³/mol. The van der Waals surface area contributed by atoms with E-state index in [-0.39, 0.29) is 11.2 Å². The highest BCUT2D eigenvalue weighted by Gasteiger charge is 2.65. The summed E-state index contributed by atoms with van der Waals surface area (Å²) in [6.45, 7) is 1.28. The van der Waals surface area contributed by atoms with Crippen LogP contribution in [-0.4, -0.2) is 31.5 Å². The number of rotatable bonds is 5. The van der Waals surface area contributed by atoms with E-state index in [9.17, 15) is 13.2 Å². The molecule has 2 aromatic rings. The molecule has 150 valence electrons. The Balaban J connectivity index is 1.53. The molecular weight excluding hydrogens is 526 g/mol. The van der Waals surface area contributed by atoms with Gasteiger partial charge < -0.3 is 9.47 Å². The highest BCUT2D eigenvalue weighted by molar-refractivity contribution is 14.1. The van der Waals surface area contributed by atoms with Gasteiger partial charge in [-0.2, -0.15) is 13.2 Å². The summed E-state index contributed by atoms with van der Waals surface area (Å²) in [7, 11) is 1.71. The van der Waals surface area contributed by atoms with Crippen molar-refractivity contribution >= 4 is 45.7 Å². The highest BCUT2D eigenvalue weighted by Crippen LogP contribution is 2.52. The van der Waals surface area contributed by atoms with Crippen molar-refractivity contribution in [2.45, 2.75) is 39.5 Å². The molecule has 0 radical (unpaired) electrons. The van der Waals surface area contributed by atoms with Gasteiger partial charge in [0.25, 0.3) is 0 Å². The van der Waals surface area contributed by atoms with Gasteiger partial charge in [-0.15, -0.1) is 21.6 Å². The molecule has 11 heteroatoms. The number of methoxy groups -OCH3 is 1. The topological polar surface area (TPSA) is 56.1 Å². The Bertz CT molecular complexity index is 890. The number of thiazole rings is 1. The molecule has 1 aromatic carbocycles. The average molecular weight is 541 g/mol. The lowest BCUT2D eigenvalue weighted by Gasteiger charge is -2.35. The lowest BCUT2D eigenvalue weighted by Crippen LogP contribution is -2.35. The largest absolute Gasteiger partial charge is 0.442 e. The molecule has 2 aliphatic heterocycles. The van der Waals surface area contributed by atoms with Gasteiger partial charge in [0.2, 0.25) is 0 Å². The standard InChI is InChI=1S/C17H15F3IN3O2S2/c1-25-15(6-8-26-9-7-15)12-13(21)22-14(28-12)27-11-4-2-10(3-5-11)16(23-24-16)17(18,19)20/h2-5H,6-9H2,1H3. The molecule has 0 unspecified atom stereocenters. The van der Waals surface area contributed by atoms with Crippen molar-refractivity contribution in [2.24, 2.45) is 10.2 Å². The number of hydrogen-bond donors (Lipinski definition) is 0. The second-order valence-electron chi connectivity index (χ2n) is 6.41. The van der Waals surface area contributed by atoms with Gasteiger partial charge >= 0.3 is 11.8 Å². The lowest BCUT2D eigenvalue weighted by molar-refractivity contribution is -0.166. The van der Waals surface area contributed by atoms with Crippen molar-refractivity contribution in [1.29, 1.82) is 0 Å². The molecule has 0 amide bonds. The fraction of sp³-hybridized carbons (Fsp3) is 0.471. The zero-order valence-electron chi connectivity index (χ0n) is 14.6. The molecule has 4 rings (SSSR count). The first-order valence-corrected chi connectivity index (χ1v) is 11.1. The third-order valence-electron chi connectivity index (χ3n) is 4.83. The van der Waals surface area contributed by atoms with E-state index in [2.05, 4.69) is 37.8 Å². The minimum atomic E-state index is -4.51. The maximum atomic E-state index is 13.1. The van der Waals surface area contributed by atoms with Crippen LogP contribution in [0.15, 0.2) is 43.7 Å². The van der Waals surface area contributed by atoms with Crippen molar-refractivity contribution in [1.82, 2.24) is 4.98 Å². The summed E-state index contributed by atoms with van der Waals surface area (Å²) in [5.74, 6) is 0. The maximum Gasteiger partial charge on any atom is 0.442 e. The molecule has 1 saturated heterocycles. The Morgan fingerprint density at radius 1 is 1.18 bits per heavy atom. The van der Waals surface area contributed by atoms with Gasteiger partial charge in [0.05, 0.1) is 4.88 Å². The zero-order chi connectivity index (χ0) is 20.0. The quantitative estimate of drug-likeness (QED) is 0.454. The van der Waals surface area contributed by atoms with Crippen LogP contribution >= 0.6 is 45.7 Å². The van der Waals surface area contributed by atoms with Crippen LogP contribution in [0.2, 0.25) is 0 Å². The Labute approximate surface area is 181 Å². The van der Waals surface area contributed by atoms with Crippen LogP contribution in [0.5, 0.6) is 0 Å². The van der Waals surface area contributed by atoms with E-state index in [1.54, 1.807) is 30.6 Å². The Hall–Kier alpha value is -0.760. The molecule has 0 saturated carbocycles. The maximum absolute atomic E-state index is 13.1. The molecule has 3 heterocycles. The number of aromatic nitrogens is 1. The van der Waals surface area contributed by atoms with E-state index in [1.165, 1.54) is 23.9 Å². The minimum Gasteiger partial charge on any atom is -0.381 e. The highest BCUT2D eigenvalue weighted by atomic mass is 127. The van der Waals surface area contributed by atoms with Crippen molar-refractivity contribution in [2.75, 3.05) is 20.3 Å². The van der Waals surface area contributed by atoms with E-state index < -0.39 is 11.8 Å². The van der Waals surface area contributed by atoms with Gasteiger partial charge in [-0.05, 0) is 34.7 Å². The second kappa shape index (κ2) is 7.49. The molecule has 0 aliphatic carbocycles. The number of ether oxygens (including phenoxy) is 2. The summed E-state index contributed by atoms with van der Waals surface area (Å²) in [5.41, 5.74) is -2.74. The summed E-state index contributed by atoms with van der Waals surface area (Å²) in [4.78, 5) is 6.50. The fourth-order valence-corrected chi connectivity index (χ4v) is 6.75.